The van der Waals surface area contributed by atoms with Crippen LogP contribution in [0.3, 0.4) is 0 Å². The highest BCUT2D eigenvalue weighted by molar-refractivity contribution is 7.13. The monoisotopic (exact) mass is 361 g/mol. The largest absolute Gasteiger partial charge is 0.383 e. The minimum absolute atomic E-state index is 0.206. The average Bonchev–Trinajstić information content (AvgIpc) is 3.24. The Kier molecular flexibility index (Phi) is 5.30. The van der Waals surface area contributed by atoms with Crippen LogP contribution in [-0.2, 0) is 4.74 Å². The number of methoxy groups -OCH3 is 1. The number of rotatable bonds is 6. The van der Waals surface area contributed by atoms with Gasteiger partial charge in [-0.3, -0.25) is 4.79 Å². The van der Waals surface area contributed by atoms with Gasteiger partial charge in [0.2, 0.25) is 0 Å². The lowest BCUT2D eigenvalue weighted by atomic mass is 10.3. The third-order valence-corrected chi connectivity index (χ3v) is 4.49. The van der Waals surface area contributed by atoms with E-state index in [9.17, 15) is 4.79 Å². The van der Waals surface area contributed by atoms with Crippen LogP contribution in [0.5, 0.6) is 0 Å². The Morgan fingerprint density at radius 2 is 2.21 bits per heavy atom. The summed E-state index contributed by atoms with van der Waals surface area (Å²) in [4.78, 5) is 13.5. The zero-order valence-corrected chi connectivity index (χ0v) is 14.6. The molecular weight excluding hydrogens is 346 g/mol. The number of hydrogen-bond acceptors (Lipinski definition) is 4. The van der Waals surface area contributed by atoms with Gasteiger partial charge in [-0.1, -0.05) is 23.7 Å². The summed E-state index contributed by atoms with van der Waals surface area (Å²) < 4.78 is 6.58. The number of benzene rings is 1. The molecule has 124 valence electrons. The molecule has 2 heterocycles. The molecule has 24 heavy (non-hydrogen) atoms. The summed E-state index contributed by atoms with van der Waals surface area (Å²) in [6.07, 6.45) is 0. The second-order valence-electron chi connectivity index (χ2n) is 5.03. The number of amides is 1. The molecule has 0 spiro atoms. The quantitative estimate of drug-likeness (QED) is 0.682. The summed E-state index contributed by atoms with van der Waals surface area (Å²) in [7, 11) is 1.59. The van der Waals surface area contributed by atoms with E-state index in [0.29, 0.717) is 23.9 Å². The van der Waals surface area contributed by atoms with Crippen molar-refractivity contribution in [3.05, 3.63) is 58.6 Å². The number of hydrogen-bond donors (Lipinski definition) is 1. The summed E-state index contributed by atoms with van der Waals surface area (Å²) in [5.74, 6) is -0.206. The molecule has 3 rings (SSSR count). The van der Waals surface area contributed by atoms with Gasteiger partial charge >= 0.3 is 0 Å². The molecule has 0 aliphatic carbocycles. The Hall–Kier alpha value is -2.15. The number of aromatic nitrogens is 2. The first-order chi connectivity index (χ1) is 11.7. The van der Waals surface area contributed by atoms with Crippen LogP contribution in [0.25, 0.3) is 16.3 Å². The number of carbonyl (C=O) groups excluding carboxylic acids is 1. The zero-order valence-electron chi connectivity index (χ0n) is 13.0. The molecule has 0 atom stereocenters. The predicted molar refractivity (Wildman–Crippen MR) is 96.1 cm³/mol. The molecule has 0 fully saturated rings. The normalized spacial score (nSPS) is 10.8. The van der Waals surface area contributed by atoms with Crippen molar-refractivity contribution in [2.45, 2.75) is 0 Å². The van der Waals surface area contributed by atoms with Gasteiger partial charge < -0.3 is 10.1 Å². The molecule has 0 aliphatic rings. The van der Waals surface area contributed by atoms with Gasteiger partial charge in [-0.15, -0.1) is 11.3 Å². The molecule has 0 saturated carbocycles. The van der Waals surface area contributed by atoms with Crippen LogP contribution >= 0.6 is 22.9 Å². The Balaban J connectivity index is 2.00. The molecule has 0 bridgehead atoms. The van der Waals surface area contributed by atoms with E-state index in [1.807, 2.05) is 29.6 Å². The van der Waals surface area contributed by atoms with Crippen LogP contribution < -0.4 is 5.32 Å². The average molecular weight is 362 g/mol. The second kappa shape index (κ2) is 7.61. The molecule has 0 aliphatic heterocycles. The Labute approximate surface area is 148 Å². The predicted octanol–water partition coefficient (Wildman–Crippen LogP) is 3.63. The SMILES string of the molecule is COCCNC(=O)c1cc(-c2cccs2)nn1-c1cccc(Cl)c1. The fourth-order valence-electron chi connectivity index (χ4n) is 2.25. The van der Waals surface area contributed by atoms with Crippen LogP contribution in [0.4, 0.5) is 0 Å². The van der Waals surface area contributed by atoms with Gasteiger partial charge in [-0.2, -0.15) is 5.10 Å². The minimum Gasteiger partial charge on any atom is -0.383 e. The Morgan fingerprint density at radius 1 is 1.33 bits per heavy atom. The summed E-state index contributed by atoms with van der Waals surface area (Å²) in [6, 6.07) is 13.0. The van der Waals surface area contributed by atoms with Crippen LogP contribution in [0, 0.1) is 0 Å². The highest BCUT2D eigenvalue weighted by atomic mass is 35.5. The van der Waals surface area contributed by atoms with E-state index in [1.54, 1.807) is 41.3 Å². The van der Waals surface area contributed by atoms with Crippen molar-refractivity contribution in [3.63, 3.8) is 0 Å². The molecule has 0 radical (unpaired) electrons. The molecule has 3 aromatic rings. The third-order valence-electron chi connectivity index (χ3n) is 3.36. The van der Waals surface area contributed by atoms with Crippen molar-refractivity contribution in [2.75, 3.05) is 20.3 Å². The highest BCUT2D eigenvalue weighted by Gasteiger charge is 2.18. The van der Waals surface area contributed by atoms with Crippen molar-refractivity contribution in [3.8, 4) is 16.3 Å². The van der Waals surface area contributed by atoms with E-state index >= 15 is 0 Å². The number of carbonyl (C=O) groups is 1. The third kappa shape index (κ3) is 3.67. The lowest BCUT2D eigenvalue weighted by Gasteiger charge is -2.08. The maximum atomic E-state index is 12.5. The molecule has 0 unspecified atom stereocenters. The number of thiophene rings is 1. The van der Waals surface area contributed by atoms with Gasteiger partial charge in [-0.05, 0) is 35.7 Å². The maximum Gasteiger partial charge on any atom is 0.270 e. The number of nitrogens with one attached hydrogen (secondary N) is 1. The number of halogens is 1. The Morgan fingerprint density at radius 3 is 2.92 bits per heavy atom. The summed E-state index contributed by atoms with van der Waals surface area (Å²) >= 11 is 7.66. The van der Waals surface area contributed by atoms with Crippen LogP contribution in [0.15, 0.2) is 47.8 Å². The first kappa shape index (κ1) is 16.7. The van der Waals surface area contributed by atoms with Gasteiger partial charge in [-0.25, -0.2) is 4.68 Å². The summed E-state index contributed by atoms with van der Waals surface area (Å²) in [6.45, 7) is 0.888. The standard InChI is InChI=1S/C17H16ClN3O2S/c1-23-8-7-19-17(22)15-11-14(16-6-3-9-24-16)20-21(15)13-5-2-4-12(18)10-13/h2-6,9-11H,7-8H2,1H3,(H,19,22). The van der Waals surface area contributed by atoms with E-state index in [1.165, 1.54) is 0 Å². The van der Waals surface area contributed by atoms with E-state index in [-0.39, 0.29) is 5.91 Å². The topological polar surface area (TPSA) is 56.1 Å². The highest BCUT2D eigenvalue weighted by Crippen LogP contribution is 2.26. The van der Waals surface area contributed by atoms with E-state index < -0.39 is 0 Å². The molecular formula is C17H16ClN3O2S. The van der Waals surface area contributed by atoms with Crippen LogP contribution in [-0.4, -0.2) is 35.9 Å². The molecule has 1 aromatic carbocycles. The van der Waals surface area contributed by atoms with Gasteiger partial charge in [0.15, 0.2) is 0 Å². The van der Waals surface area contributed by atoms with Gasteiger partial charge in [0, 0.05) is 18.7 Å². The molecule has 1 amide bonds. The summed E-state index contributed by atoms with van der Waals surface area (Å²) in [5, 5.41) is 9.99. The Bertz CT molecular complexity index is 830. The second-order valence-corrected chi connectivity index (χ2v) is 6.42. The van der Waals surface area contributed by atoms with Crippen LogP contribution in [0.2, 0.25) is 5.02 Å². The van der Waals surface area contributed by atoms with Crippen molar-refractivity contribution < 1.29 is 9.53 Å². The fourth-order valence-corrected chi connectivity index (χ4v) is 3.12. The molecule has 7 heteroatoms. The molecule has 5 nitrogen and oxygen atoms in total. The van der Waals surface area contributed by atoms with E-state index in [0.717, 1.165) is 16.3 Å². The van der Waals surface area contributed by atoms with Crippen molar-refractivity contribution in [1.29, 1.82) is 0 Å². The first-order valence-corrected chi connectivity index (χ1v) is 8.62. The maximum absolute atomic E-state index is 12.5. The van der Waals surface area contributed by atoms with Gasteiger partial charge in [0.25, 0.3) is 5.91 Å². The fraction of sp³-hybridized carbons (Fsp3) is 0.176. The van der Waals surface area contributed by atoms with E-state index in [4.69, 9.17) is 16.3 Å². The smallest absolute Gasteiger partial charge is 0.270 e. The number of ether oxygens (including phenoxy) is 1. The van der Waals surface area contributed by atoms with E-state index in [2.05, 4.69) is 10.4 Å². The van der Waals surface area contributed by atoms with Gasteiger partial charge in [0.05, 0.1) is 17.2 Å². The molecule has 1 N–H and O–H groups in total. The van der Waals surface area contributed by atoms with Crippen molar-refractivity contribution >= 4 is 28.8 Å². The van der Waals surface area contributed by atoms with Crippen molar-refractivity contribution in [2.24, 2.45) is 0 Å². The van der Waals surface area contributed by atoms with Crippen LogP contribution in [0.1, 0.15) is 10.5 Å². The molecule has 0 saturated heterocycles. The lowest BCUT2D eigenvalue weighted by Crippen LogP contribution is -2.28. The molecule has 2 aromatic heterocycles. The zero-order chi connectivity index (χ0) is 16.9. The van der Waals surface area contributed by atoms with Gasteiger partial charge in [0.1, 0.15) is 11.4 Å². The number of nitrogens with zero attached hydrogens (tertiary/aromatic N) is 2. The lowest BCUT2D eigenvalue weighted by molar-refractivity contribution is 0.0929. The van der Waals surface area contributed by atoms with Crippen molar-refractivity contribution in [1.82, 2.24) is 15.1 Å². The minimum atomic E-state index is -0.206. The first-order valence-electron chi connectivity index (χ1n) is 7.36. The summed E-state index contributed by atoms with van der Waals surface area (Å²) in [5.41, 5.74) is 1.95.